The van der Waals surface area contributed by atoms with Crippen LogP contribution in [-0.2, 0) is 9.53 Å². The molecule has 0 amide bonds. The fraction of sp³-hybridized carbons (Fsp3) is 0.513. The van der Waals surface area contributed by atoms with Crippen molar-refractivity contribution in [3.63, 3.8) is 0 Å². The smallest absolute Gasteiger partial charge is 0.306 e. The number of unbranched alkanes of at least 4 members (excludes halogenated alkanes) is 12. The Morgan fingerprint density at radius 3 is 1.62 bits per heavy atom. The van der Waals surface area contributed by atoms with Gasteiger partial charge in [0.25, 0.3) is 0 Å². The molecule has 0 N–H and O–H groups in total. The Labute approximate surface area is 256 Å². The summed E-state index contributed by atoms with van der Waals surface area (Å²) in [5.74, 6) is 0.832. The minimum absolute atomic E-state index is 0.103. The standard InChI is InChI=1S/C39H54O3/c1-4-6-8-10-11-12-13-15-19-31-41-36-29-27-35(28-30-36)38-21-18-17-20-37(38)34-25-23-33(24-26-34)32(3)42-39(40)22-16-14-9-7-5-2/h17-18,20-21,23-30,32H,4-16,19,22,31H2,1-3H3. The van der Waals surface area contributed by atoms with Gasteiger partial charge in [0.1, 0.15) is 11.9 Å². The molecule has 0 radical (unpaired) electrons. The number of hydrogen-bond donors (Lipinski definition) is 0. The minimum atomic E-state index is -0.250. The van der Waals surface area contributed by atoms with Crippen LogP contribution in [0.15, 0.2) is 72.8 Å². The van der Waals surface area contributed by atoms with Gasteiger partial charge in [-0.25, -0.2) is 0 Å². The van der Waals surface area contributed by atoms with Gasteiger partial charge in [0.05, 0.1) is 6.61 Å². The van der Waals surface area contributed by atoms with Gasteiger partial charge >= 0.3 is 5.97 Å². The summed E-state index contributed by atoms with van der Waals surface area (Å²) in [6, 6.07) is 25.4. The number of ether oxygens (including phenoxy) is 2. The number of esters is 1. The summed E-state index contributed by atoms with van der Waals surface area (Å²) in [5, 5.41) is 0. The first-order valence-corrected chi connectivity index (χ1v) is 16.7. The molecule has 228 valence electrons. The maximum atomic E-state index is 12.3. The SMILES string of the molecule is CCCCCCCCCCCOc1ccc(-c2ccccc2-c2ccc(C(C)OC(=O)CCCCCCC)cc2)cc1. The molecule has 0 aromatic heterocycles. The molecule has 0 spiro atoms. The first-order chi connectivity index (χ1) is 20.6. The molecule has 3 rings (SSSR count). The van der Waals surface area contributed by atoms with Gasteiger partial charge in [0.15, 0.2) is 0 Å². The molecule has 0 bridgehead atoms. The van der Waals surface area contributed by atoms with Gasteiger partial charge in [-0.15, -0.1) is 0 Å². The summed E-state index contributed by atoms with van der Waals surface area (Å²) in [6.45, 7) is 7.21. The predicted octanol–water partition coefficient (Wildman–Crippen LogP) is 11.9. The van der Waals surface area contributed by atoms with E-state index in [0.717, 1.165) is 42.7 Å². The topological polar surface area (TPSA) is 35.5 Å². The van der Waals surface area contributed by atoms with Crippen molar-refractivity contribution in [2.24, 2.45) is 0 Å². The zero-order chi connectivity index (χ0) is 29.8. The van der Waals surface area contributed by atoms with E-state index in [9.17, 15) is 4.79 Å². The van der Waals surface area contributed by atoms with E-state index in [1.165, 1.54) is 87.3 Å². The quantitative estimate of drug-likeness (QED) is 0.0943. The van der Waals surface area contributed by atoms with Crippen LogP contribution in [0.3, 0.4) is 0 Å². The third-order valence-corrected chi connectivity index (χ3v) is 8.09. The summed E-state index contributed by atoms with van der Waals surface area (Å²) < 4.78 is 11.7. The molecule has 0 aliphatic carbocycles. The van der Waals surface area contributed by atoms with Crippen molar-refractivity contribution >= 4 is 5.97 Å². The summed E-state index contributed by atoms with van der Waals surface area (Å²) in [7, 11) is 0. The van der Waals surface area contributed by atoms with Crippen LogP contribution in [0, 0.1) is 0 Å². The second-order valence-corrected chi connectivity index (χ2v) is 11.7. The third-order valence-electron chi connectivity index (χ3n) is 8.09. The molecular weight excluding hydrogens is 516 g/mol. The van der Waals surface area contributed by atoms with E-state index >= 15 is 0 Å². The highest BCUT2D eigenvalue weighted by molar-refractivity contribution is 5.83. The highest BCUT2D eigenvalue weighted by Crippen LogP contribution is 2.34. The fourth-order valence-electron chi connectivity index (χ4n) is 5.45. The molecule has 3 nitrogen and oxygen atoms in total. The first kappa shape index (κ1) is 33.4. The van der Waals surface area contributed by atoms with Crippen molar-refractivity contribution in [1.29, 1.82) is 0 Å². The van der Waals surface area contributed by atoms with Gasteiger partial charge in [-0.1, -0.05) is 152 Å². The van der Waals surface area contributed by atoms with Gasteiger partial charge in [-0.3, -0.25) is 4.79 Å². The lowest BCUT2D eigenvalue weighted by atomic mass is 9.93. The van der Waals surface area contributed by atoms with E-state index in [1.807, 2.05) is 6.92 Å². The Morgan fingerprint density at radius 2 is 1.07 bits per heavy atom. The maximum absolute atomic E-state index is 12.3. The lowest BCUT2D eigenvalue weighted by molar-refractivity contribution is -0.148. The van der Waals surface area contributed by atoms with Crippen LogP contribution in [0.4, 0.5) is 0 Å². The van der Waals surface area contributed by atoms with Crippen molar-refractivity contribution < 1.29 is 14.3 Å². The second-order valence-electron chi connectivity index (χ2n) is 11.7. The van der Waals surface area contributed by atoms with Crippen LogP contribution in [0.25, 0.3) is 22.3 Å². The van der Waals surface area contributed by atoms with Crippen molar-refractivity contribution in [3.05, 3.63) is 78.4 Å². The highest BCUT2D eigenvalue weighted by atomic mass is 16.5. The van der Waals surface area contributed by atoms with Crippen LogP contribution in [0.2, 0.25) is 0 Å². The van der Waals surface area contributed by atoms with Crippen molar-refractivity contribution in [2.75, 3.05) is 6.61 Å². The summed E-state index contributed by atoms with van der Waals surface area (Å²) >= 11 is 0. The second kappa shape index (κ2) is 19.9. The Bertz CT molecular complexity index is 1130. The number of carbonyl (C=O) groups excluding carboxylic acids is 1. The van der Waals surface area contributed by atoms with Gasteiger partial charge in [0.2, 0.25) is 0 Å². The van der Waals surface area contributed by atoms with E-state index < -0.39 is 0 Å². The van der Waals surface area contributed by atoms with E-state index in [-0.39, 0.29) is 12.1 Å². The Kier molecular flexibility index (Phi) is 15.9. The zero-order valence-electron chi connectivity index (χ0n) is 26.5. The van der Waals surface area contributed by atoms with E-state index in [0.29, 0.717) is 6.42 Å². The fourth-order valence-corrected chi connectivity index (χ4v) is 5.45. The average Bonchev–Trinajstić information content (AvgIpc) is 3.02. The molecule has 0 fully saturated rings. The Balaban J connectivity index is 1.48. The van der Waals surface area contributed by atoms with Gasteiger partial charge < -0.3 is 9.47 Å². The van der Waals surface area contributed by atoms with Gasteiger partial charge in [-0.2, -0.15) is 0 Å². The lowest BCUT2D eigenvalue weighted by Gasteiger charge is -2.15. The van der Waals surface area contributed by atoms with Crippen LogP contribution in [0.5, 0.6) is 5.75 Å². The maximum Gasteiger partial charge on any atom is 0.306 e. The van der Waals surface area contributed by atoms with Crippen molar-refractivity contribution in [1.82, 2.24) is 0 Å². The molecule has 0 heterocycles. The van der Waals surface area contributed by atoms with Crippen LogP contribution >= 0.6 is 0 Å². The molecule has 0 aliphatic rings. The summed E-state index contributed by atoms with van der Waals surface area (Å²) in [6.07, 6.45) is 17.8. The summed E-state index contributed by atoms with van der Waals surface area (Å²) in [5.41, 5.74) is 5.72. The molecule has 42 heavy (non-hydrogen) atoms. The van der Waals surface area contributed by atoms with E-state index in [2.05, 4.69) is 86.6 Å². The van der Waals surface area contributed by atoms with Crippen LogP contribution in [0.1, 0.15) is 129 Å². The Hall–Kier alpha value is -3.07. The lowest BCUT2D eigenvalue weighted by Crippen LogP contribution is -2.08. The Morgan fingerprint density at radius 1 is 0.595 bits per heavy atom. The summed E-state index contributed by atoms with van der Waals surface area (Å²) in [4.78, 5) is 12.3. The zero-order valence-corrected chi connectivity index (χ0v) is 26.5. The molecular formula is C39H54O3. The highest BCUT2D eigenvalue weighted by Gasteiger charge is 2.13. The molecule has 3 aromatic rings. The number of carbonyl (C=O) groups is 1. The molecule has 3 aromatic carbocycles. The number of benzene rings is 3. The molecule has 1 atom stereocenters. The normalized spacial score (nSPS) is 11.8. The predicted molar refractivity (Wildman–Crippen MR) is 178 cm³/mol. The van der Waals surface area contributed by atoms with Crippen molar-refractivity contribution in [3.8, 4) is 28.0 Å². The van der Waals surface area contributed by atoms with Crippen LogP contribution < -0.4 is 4.74 Å². The molecule has 0 saturated heterocycles. The van der Waals surface area contributed by atoms with Crippen molar-refractivity contribution in [2.45, 2.75) is 123 Å². The first-order valence-electron chi connectivity index (χ1n) is 16.7. The monoisotopic (exact) mass is 570 g/mol. The third kappa shape index (κ3) is 12.0. The molecule has 0 saturated carbocycles. The number of hydrogen-bond acceptors (Lipinski definition) is 3. The van der Waals surface area contributed by atoms with Gasteiger partial charge in [0, 0.05) is 6.42 Å². The average molecular weight is 571 g/mol. The van der Waals surface area contributed by atoms with E-state index in [4.69, 9.17) is 9.47 Å². The van der Waals surface area contributed by atoms with E-state index in [1.54, 1.807) is 0 Å². The molecule has 1 unspecified atom stereocenters. The minimum Gasteiger partial charge on any atom is -0.494 e. The number of rotatable bonds is 21. The molecule has 3 heteroatoms. The van der Waals surface area contributed by atoms with Gasteiger partial charge in [-0.05, 0) is 59.7 Å². The van der Waals surface area contributed by atoms with Crippen LogP contribution in [-0.4, -0.2) is 12.6 Å². The largest absolute Gasteiger partial charge is 0.494 e. The molecule has 0 aliphatic heterocycles.